The number of hydrogen-bond acceptors (Lipinski definition) is 4. The van der Waals surface area contributed by atoms with E-state index in [4.69, 9.17) is 9.47 Å². The molecule has 3 aromatic carbocycles. The Morgan fingerprint density at radius 3 is 2.29 bits per heavy atom. The number of carbonyl (C=O) groups is 2. The third-order valence-electron chi connectivity index (χ3n) is 5.69. The van der Waals surface area contributed by atoms with Gasteiger partial charge in [0.2, 0.25) is 5.91 Å². The highest BCUT2D eigenvalue weighted by Crippen LogP contribution is 2.34. The average Bonchev–Trinajstić information content (AvgIpc) is 2.87. The van der Waals surface area contributed by atoms with Gasteiger partial charge >= 0.3 is 5.97 Å². The quantitative estimate of drug-likeness (QED) is 0.430. The zero-order valence-corrected chi connectivity index (χ0v) is 19.5. The lowest BCUT2D eigenvalue weighted by Gasteiger charge is -2.21. The van der Waals surface area contributed by atoms with Crippen LogP contribution < -0.4 is 14.8 Å². The maximum absolute atomic E-state index is 12.4. The minimum atomic E-state index is -1.09. The minimum Gasteiger partial charge on any atom is -0.493 e. The van der Waals surface area contributed by atoms with Crippen molar-refractivity contribution in [3.8, 4) is 11.5 Å². The van der Waals surface area contributed by atoms with E-state index in [9.17, 15) is 14.7 Å². The standard InChI is InChI=1S/C28H29NO5/c1-19(21-14-15-25(33-2)26(18-21)34-3)23-12-8-7-11-22(23)17-24(28(31)32)29-27(30)16-13-20-9-5-4-6-10-20/h4-16,18-19,24H,17H2,1-3H3,(H,29,30)(H,31,32). The van der Waals surface area contributed by atoms with Gasteiger partial charge in [-0.25, -0.2) is 4.79 Å². The van der Waals surface area contributed by atoms with Crippen LogP contribution in [0.4, 0.5) is 0 Å². The van der Waals surface area contributed by atoms with Crippen molar-refractivity contribution >= 4 is 18.0 Å². The number of hydrogen-bond donors (Lipinski definition) is 2. The molecule has 6 heteroatoms. The molecule has 2 unspecified atom stereocenters. The van der Waals surface area contributed by atoms with E-state index in [1.54, 1.807) is 20.3 Å². The molecule has 0 aliphatic rings. The zero-order valence-electron chi connectivity index (χ0n) is 19.5. The molecule has 0 saturated heterocycles. The Morgan fingerprint density at radius 1 is 0.941 bits per heavy atom. The number of benzene rings is 3. The number of amides is 1. The van der Waals surface area contributed by atoms with Crippen LogP contribution in [0.25, 0.3) is 6.08 Å². The predicted octanol–water partition coefficient (Wildman–Crippen LogP) is 4.68. The summed E-state index contributed by atoms with van der Waals surface area (Å²) in [7, 11) is 3.18. The molecule has 3 rings (SSSR count). The monoisotopic (exact) mass is 459 g/mol. The number of carboxylic acids is 1. The van der Waals surface area contributed by atoms with Gasteiger partial charge in [0, 0.05) is 18.4 Å². The molecule has 0 aliphatic heterocycles. The molecular weight excluding hydrogens is 430 g/mol. The van der Waals surface area contributed by atoms with Crippen molar-refractivity contribution in [1.82, 2.24) is 5.32 Å². The fourth-order valence-electron chi connectivity index (χ4n) is 3.82. The number of methoxy groups -OCH3 is 2. The van der Waals surface area contributed by atoms with Gasteiger partial charge in [-0.2, -0.15) is 0 Å². The first-order valence-corrected chi connectivity index (χ1v) is 11.0. The Hall–Kier alpha value is -4.06. The SMILES string of the molecule is COc1ccc(C(C)c2ccccc2CC(NC(=O)C=Cc2ccccc2)C(=O)O)cc1OC. The zero-order chi connectivity index (χ0) is 24.5. The highest BCUT2D eigenvalue weighted by atomic mass is 16.5. The smallest absolute Gasteiger partial charge is 0.326 e. The van der Waals surface area contributed by atoms with E-state index in [1.807, 2.05) is 72.8 Å². The summed E-state index contributed by atoms with van der Waals surface area (Å²) in [6.45, 7) is 2.05. The molecule has 176 valence electrons. The summed E-state index contributed by atoms with van der Waals surface area (Å²) in [6.07, 6.45) is 3.17. The van der Waals surface area contributed by atoms with Gasteiger partial charge in [0.1, 0.15) is 6.04 Å². The molecule has 34 heavy (non-hydrogen) atoms. The van der Waals surface area contributed by atoms with Crippen LogP contribution >= 0.6 is 0 Å². The lowest BCUT2D eigenvalue weighted by Crippen LogP contribution is -2.41. The van der Waals surface area contributed by atoms with Gasteiger partial charge in [-0.1, -0.05) is 67.6 Å². The first-order chi connectivity index (χ1) is 16.4. The van der Waals surface area contributed by atoms with Crippen molar-refractivity contribution < 1.29 is 24.2 Å². The van der Waals surface area contributed by atoms with Crippen LogP contribution in [0.1, 0.15) is 35.1 Å². The number of aliphatic carboxylic acids is 1. The number of carboxylic acid groups (broad SMARTS) is 1. The topological polar surface area (TPSA) is 84.9 Å². The summed E-state index contributed by atoms with van der Waals surface area (Å²) >= 11 is 0. The fraction of sp³-hybridized carbons (Fsp3) is 0.214. The molecule has 1 amide bonds. The largest absolute Gasteiger partial charge is 0.493 e. The van der Waals surface area contributed by atoms with Crippen LogP contribution in [0.2, 0.25) is 0 Å². The number of rotatable bonds is 10. The van der Waals surface area contributed by atoms with Crippen molar-refractivity contribution in [1.29, 1.82) is 0 Å². The van der Waals surface area contributed by atoms with E-state index in [2.05, 4.69) is 12.2 Å². The van der Waals surface area contributed by atoms with E-state index >= 15 is 0 Å². The van der Waals surface area contributed by atoms with Gasteiger partial charge in [0.25, 0.3) is 0 Å². The summed E-state index contributed by atoms with van der Waals surface area (Å²) in [5, 5.41) is 12.4. The maximum atomic E-state index is 12.4. The van der Waals surface area contributed by atoms with Crippen LogP contribution in [0, 0.1) is 0 Å². The van der Waals surface area contributed by atoms with Gasteiger partial charge in [0.05, 0.1) is 14.2 Å². The first-order valence-electron chi connectivity index (χ1n) is 11.0. The third kappa shape index (κ3) is 6.25. The van der Waals surface area contributed by atoms with E-state index in [-0.39, 0.29) is 12.3 Å². The Kier molecular flexibility index (Phi) is 8.46. The van der Waals surface area contributed by atoms with Crippen molar-refractivity contribution in [2.75, 3.05) is 14.2 Å². The molecule has 0 saturated carbocycles. The van der Waals surface area contributed by atoms with Crippen molar-refractivity contribution in [3.05, 3.63) is 101 Å². The van der Waals surface area contributed by atoms with Crippen molar-refractivity contribution in [3.63, 3.8) is 0 Å². The van der Waals surface area contributed by atoms with Crippen LogP contribution in [-0.2, 0) is 16.0 Å². The first kappa shape index (κ1) is 24.6. The lowest BCUT2D eigenvalue weighted by atomic mass is 9.87. The van der Waals surface area contributed by atoms with Crippen LogP contribution in [0.5, 0.6) is 11.5 Å². The molecule has 0 aromatic heterocycles. The Balaban J connectivity index is 1.79. The molecule has 0 heterocycles. The Labute approximate surface area is 199 Å². The predicted molar refractivity (Wildman–Crippen MR) is 132 cm³/mol. The number of nitrogens with one attached hydrogen (secondary N) is 1. The summed E-state index contributed by atoms with van der Waals surface area (Å²) in [5.41, 5.74) is 3.70. The average molecular weight is 460 g/mol. The van der Waals surface area contributed by atoms with Crippen LogP contribution in [-0.4, -0.2) is 37.2 Å². The van der Waals surface area contributed by atoms with Gasteiger partial charge in [-0.05, 0) is 40.5 Å². The third-order valence-corrected chi connectivity index (χ3v) is 5.69. The molecular formula is C28H29NO5. The van der Waals surface area contributed by atoms with Gasteiger partial charge in [0.15, 0.2) is 11.5 Å². The molecule has 2 atom stereocenters. The summed E-state index contributed by atoms with van der Waals surface area (Å²) in [5.74, 6) is -0.301. The van der Waals surface area contributed by atoms with Crippen molar-refractivity contribution in [2.45, 2.75) is 25.3 Å². The molecule has 0 aliphatic carbocycles. The minimum absolute atomic E-state index is 0.0286. The van der Waals surface area contributed by atoms with Gasteiger partial charge in [-0.15, -0.1) is 0 Å². The summed E-state index contributed by atoms with van der Waals surface area (Å²) in [6, 6.07) is 21.7. The molecule has 0 fully saturated rings. The molecule has 2 N–H and O–H groups in total. The normalized spacial score (nSPS) is 12.7. The molecule has 6 nitrogen and oxygen atoms in total. The van der Waals surface area contributed by atoms with Crippen LogP contribution in [0.3, 0.4) is 0 Å². The van der Waals surface area contributed by atoms with E-state index in [0.717, 1.165) is 22.3 Å². The Bertz CT molecular complexity index is 1160. The maximum Gasteiger partial charge on any atom is 0.326 e. The molecule has 0 spiro atoms. The van der Waals surface area contributed by atoms with E-state index < -0.39 is 17.9 Å². The Morgan fingerprint density at radius 2 is 1.62 bits per heavy atom. The molecule has 0 bridgehead atoms. The second kappa shape index (κ2) is 11.7. The van der Waals surface area contributed by atoms with Gasteiger partial charge < -0.3 is 19.9 Å². The number of carbonyl (C=O) groups excluding carboxylic acids is 1. The highest BCUT2D eigenvalue weighted by Gasteiger charge is 2.23. The van der Waals surface area contributed by atoms with Gasteiger partial charge in [-0.3, -0.25) is 4.79 Å². The second-order valence-electron chi connectivity index (χ2n) is 7.88. The summed E-state index contributed by atoms with van der Waals surface area (Å²) < 4.78 is 10.8. The highest BCUT2D eigenvalue weighted by molar-refractivity contribution is 5.94. The van der Waals surface area contributed by atoms with Crippen LogP contribution in [0.15, 0.2) is 78.9 Å². The lowest BCUT2D eigenvalue weighted by molar-refractivity contribution is -0.141. The van der Waals surface area contributed by atoms with Crippen molar-refractivity contribution in [2.24, 2.45) is 0 Å². The molecule has 3 aromatic rings. The fourth-order valence-corrected chi connectivity index (χ4v) is 3.82. The summed E-state index contributed by atoms with van der Waals surface area (Å²) in [4.78, 5) is 24.4. The second-order valence-corrected chi connectivity index (χ2v) is 7.88. The number of ether oxygens (including phenoxy) is 2. The van der Waals surface area contributed by atoms with E-state index in [0.29, 0.717) is 11.5 Å². The molecule has 0 radical (unpaired) electrons. The van der Waals surface area contributed by atoms with E-state index in [1.165, 1.54) is 6.08 Å².